The van der Waals surface area contributed by atoms with Gasteiger partial charge in [0.1, 0.15) is 0 Å². The molecule has 0 fully saturated rings. The molecule has 1 amide bonds. The minimum atomic E-state index is -4.49. The van der Waals surface area contributed by atoms with Crippen molar-refractivity contribution in [3.05, 3.63) is 58.4 Å². The first-order valence-electron chi connectivity index (χ1n) is 8.77. The van der Waals surface area contributed by atoms with Crippen molar-refractivity contribution in [2.75, 3.05) is 7.05 Å². The lowest BCUT2D eigenvalue weighted by Gasteiger charge is -2.21. The number of halogens is 3. The smallest absolute Gasteiger partial charge is 0.337 e. The van der Waals surface area contributed by atoms with E-state index in [0.717, 1.165) is 6.07 Å². The molecule has 148 valence electrons. The highest BCUT2D eigenvalue weighted by molar-refractivity contribution is 6.05. The second-order valence-corrected chi connectivity index (χ2v) is 7.01. The number of hydrogen-bond donors (Lipinski definition) is 0. The lowest BCUT2D eigenvalue weighted by atomic mass is 10.0. The van der Waals surface area contributed by atoms with Crippen LogP contribution in [0.1, 0.15) is 52.6 Å². The Bertz CT molecular complexity index is 1030. The van der Waals surface area contributed by atoms with E-state index >= 15 is 0 Å². The molecule has 0 bridgehead atoms. The van der Waals surface area contributed by atoms with Crippen molar-refractivity contribution in [2.45, 2.75) is 39.4 Å². The van der Waals surface area contributed by atoms with Gasteiger partial charge in [0.2, 0.25) is 0 Å². The normalized spacial score (nSPS) is 12.0. The molecule has 5 nitrogen and oxygen atoms in total. The Labute approximate surface area is 160 Å². The monoisotopic (exact) mass is 391 g/mol. The van der Waals surface area contributed by atoms with Crippen LogP contribution in [-0.2, 0) is 12.7 Å². The fourth-order valence-corrected chi connectivity index (χ4v) is 3.05. The number of carbonyl (C=O) groups is 1. The van der Waals surface area contributed by atoms with Crippen molar-refractivity contribution in [1.82, 2.24) is 15.0 Å². The van der Waals surface area contributed by atoms with Crippen molar-refractivity contribution in [3.63, 3.8) is 0 Å². The summed E-state index contributed by atoms with van der Waals surface area (Å²) in [4.78, 5) is 18.7. The third kappa shape index (κ3) is 3.72. The summed E-state index contributed by atoms with van der Waals surface area (Å²) in [5.74, 6) is -0.379. The highest BCUT2D eigenvalue weighted by Crippen LogP contribution is 2.33. The minimum Gasteiger partial charge on any atom is -0.337 e. The van der Waals surface area contributed by atoms with Crippen LogP contribution in [0.4, 0.5) is 13.2 Å². The van der Waals surface area contributed by atoms with Crippen molar-refractivity contribution in [3.8, 4) is 0 Å². The lowest BCUT2D eigenvalue weighted by molar-refractivity contribution is -0.138. The van der Waals surface area contributed by atoms with Gasteiger partial charge in [0, 0.05) is 19.3 Å². The van der Waals surface area contributed by atoms with E-state index in [1.807, 2.05) is 13.8 Å². The molecule has 0 aliphatic rings. The molecular formula is C20H20F3N3O2. The zero-order valence-corrected chi connectivity index (χ0v) is 16.0. The van der Waals surface area contributed by atoms with E-state index in [0.29, 0.717) is 22.3 Å². The van der Waals surface area contributed by atoms with Crippen molar-refractivity contribution >= 4 is 17.0 Å². The van der Waals surface area contributed by atoms with E-state index in [1.54, 1.807) is 13.0 Å². The Morgan fingerprint density at radius 1 is 1.25 bits per heavy atom. The molecule has 1 aromatic carbocycles. The number of fused-ring (bicyclic) bond motifs is 1. The maximum absolute atomic E-state index is 13.3. The second-order valence-electron chi connectivity index (χ2n) is 7.01. The van der Waals surface area contributed by atoms with Gasteiger partial charge in [-0.2, -0.15) is 13.2 Å². The molecule has 0 spiro atoms. The number of nitrogens with zero attached hydrogens (tertiary/aromatic N) is 3. The number of alkyl halides is 3. The molecule has 2 heterocycles. The molecule has 0 saturated carbocycles. The maximum atomic E-state index is 13.3. The highest BCUT2D eigenvalue weighted by atomic mass is 19.4. The number of benzene rings is 1. The summed E-state index contributed by atoms with van der Waals surface area (Å²) in [6.07, 6.45) is -4.49. The molecule has 0 unspecified atom stereocenters. The average Bonchev–Trinajstić information content (AvgIpc) is 3.01. The van der Waals surface area contributed by atoms with Gasteiger partial charge in [0.15, 0.2) is 0 Å². The molecule has 0 aliphatic carbocycles. The van der Waals surface area contributed by atoms with Gasteiger partial charge < -0.3 is 9.42 Å². The lowest BCUT2D eigenvalue weighted by Crippen LogP contribution is -2.28. The van der Waals surface area contributed by atoms with Gasteiger partial charge in [0.25, 0.3) is 11.6 Å². The summed E-state index contributed by atoms with van der Waals surface area (Å²) >= 11 is 0. The number of aromatic nitrogens is 2. The van der Waals surface area contributed by atoms with Crippen LogP contribution in [0.25, 0.3) is 11.1 Å². The van der Waals surface area contributed by atoms with E-state index < -0.39 is 17.6 Å². The molecule has 0 radical (unpaired) electrons. The van der Waals surface area contributed by atoms with Crippen molar-refractivity contribution in [1.29, 1.82) is 0 Å². The minimum absolute atomic E-state index is 0.0299. The van der Waals surface area contributed by atoms with E-state index in [2.05, 4.69) is 10.1 Å². The quantitative estimate of drug-likeness (QED) is 0.632. The highest BCUT2D eigenvalue weighted by Gasteiger charge is 2.33. The molecule has 2 aromatic heterocycles. The first-order valence-corrected chi connectivity index (χ1v) is 8.77. The first-order chi connectivity index (χ1) is 13.1. The molecule has 28 heavy (non-hydrogen) atoms. The standard InChI is InChI=1S/C20H20F3N3O2/c1-11(2)16-9-14(17-12(3)25-28-18(17)24-16)19(27)26(4)10-13-7-5-6-8-15(13)20(21,22)23/h5-9,11H,10H2,1-4H3. The van der Waals surface area contributed by atoms with Gasteiger partial charge in [-0.15, -0.1) is 0 Å². The van der Waals surface area contributed by atoms with Crippen molar-refractivity contribution in [2.24, 2.45) is 0 Å². The fourth-order valence-electron chi connectivity index (χ4n) is 3.05. The van der Waals surface area contributed by atoms with Gasteiger partial charge >= 0.3 is 6.18 Å². The molecule has 8 heteroatoms. The van der Waals surface area contributed by atoms with Crippen molar-refractivity contribution < 1.29 is 22.5 Å². The molecular weight excluding hydrogens is 371 g/mol. The number of rotatable bonds is 4. The Morgan fingerprint density at radius 3 is 2.57 bits per heavy atom. The Morgan fingerprint density at radius 2 is 1.93 bits per heavy atom. The van der Waals surface area contributed by atoms with E-state index in [1.165, 1.54) is 30.1 Å². The van der Waals surface area contributed by atoms with Crippen LogP contribution >= 0.6 is 0 Å². The second kappa shape index (κ2) is 7.26. The maximum Gasteiger partial charge on any atom is 0.416 e. The van der Waals surface area contributed by atoms with Gasteiger partial charge in [0.05, 0.1) is 22.2 Å². The Hall–Kier alpha value is -2.90. The third-order valence-corrected chi connectivity index (χ3v) is 4.54. The molecule has 0 aliphatic heterocycles. The van der Waals surface area contributed by atoms with Crippen LogP contribution < -0.4 is 0 Å². The average molecular weight is 391 g/mol. The van der Waals surface area contributed by atoms with E-state index in [9.17, 15) is 18.0 Å². The molecule has 0 saturated heterocycles. The predicted octanol–water partition coefficient (Wildman–Crippen LogP) is 4.95. The summed E-state index contributed by atoms with van der Waals surface area (Å²) in [5, 5.41) is 4.35. The number of aryl methyl sites for hydroxylation is 1. The SMILES string of the molecule is Cc1noc2nc(C(C)C)cc(C(=O)N(C)Cc3ccccc3C(F)(F)F)c12. The molecule has 0 atom stereocenters. The van der Waals surface area contributed by atoms with Crippen LogP contribution in [0.2, 0.25) is 0 Å². The summed E-state index contributed by atoms with van der Waals surface area (Å²) in [6.45, 7) is 5.36. The molecule has 3 rings (SSSR count). The van der Waals surface area contributed by atoms with Crippen LogP contribution in [0.15, 0.2) is 34.9 Å². The van der Waals surface area contributed by atoms with Crippen LogP contribution in [0, 0.1) is 6.92 Å². The molecule has 3 aromatic rings. The summed E-state index contributed by atoms with van der Waals surface area (Å²) < 4.78 is 45.0. The number of amides is 1. The summed E-state index contributed by atoms with van der Waals surface area (Å²) in [6, 6.07) is 6.90. The topological polar surface area (TPSA) is 59.2 Å². The van der Waals surface area contributed by atoms with Crippen LogP contribution in [0.3, 0.4) is 0 Å². The number of carbonyl (C=O) groups excluding carboxylic acids is 1. The number of pyridine rings is 1. The summed E-state index contributed by atoms with van der Waals surface area (Å²) in [7, 11) is 1.47. The fraction of sp³-hybridized carbons (Fsp3) is 0.350. The van der Waals surface area contributed by atoms with Gasteiger partial charge in [-0.25, -0.2) is 4.98 Å². The first kappa shape index (κ1) is 19.9. The van der Waals surface area contributed by atoms with E-state index in [4.69, 9.17) is 4.52 Å². The summed E-state index contributed by atoms with van der Waals surface area (Å²) in [5.41, 5.74) is 0.998. The zero-order chi connectivity index (χ0) is 20.6. The van der Waals surface area contributed by atoms with Crippen LogP contribution in [-0.4, -0.2) is 28.0 Å². The zero-order valence-electron chi connectivity index (χ0n) is 16.0. The Kier molecular flexibility index (Phi) is 5.14. The van der Waals surface area contributed by atoms with E-state index in [-0.39, 0.29) is 23.7 Å². The largest absolute Gasteiger partial charge is 0.416 e. The van der Waals surface area contributed by atoms with Gasteiger partial charge in [-0.3, -0.25) is 4.79 Å². The van der Waals surface area contributed by atoms with Gasteiger partial charge in [-0.05, 0) is 30.5 Å². The Balaban J connectivity index is 2.00. The van der Waals surface area contributed by atoms with Gasteiger partial charge in [-0.1, -0.05) is 37.2 Å². The molecule has 0 N–H and O–H groups in total. The third-order valence-electron chi connectivity index (χ3n) is 4.54. The number of hydrogen-bond acceptors (Lipinski definition) is 4. The predicted molar refractivity (Wildman–Crippen MR) is 97.9 cm³/mol. The van der Waals surface area contributed by atoms with Crippen LogP contribution in [0.5, 0.6) is 0 Å².